The van der Waals surface area contributed by atoms with Crippen LogP contribution in [0.3, 0.4) is 0 Å². The monoisotopic (exact) mass is 441 g/mol. The highest BCUT2D eigenvalue weighted by Gasteiger charge is 2.22. The van der Waals surface area contributed by atoms with Crippen LogP contribution in [0.5, 0.6) is 5.75 Å². The number of nitriles is 1. The van der Waals surface area contributed by atoms with Gasteiger partial charge in [0, 0.05) is 30.7 Å². The molecule has 11 heteroatoms. The Balaban J connectivity index is 0.000000155. The van der Waals surface area contributed by atoms with Gasteiger partial charge in [-0.1, -0.05) is 0 Å². The van der Waals surface area contributed by atoms with E-state index < -0.39 is 12.0 Å². The minimum absolute atomic E-state index is 0.184. The Morgan fingerprint density at radius 3 is 2.94 bits per heavy atom. The van der Waals surface area contributed by atoms with E-state index in [1.807, 2.05) is 11.0 Å². The summed E-state index contributed by atoms with van der Waals surface area (Å²) in [4.78, 5) is 22.0. The summed E-state index contributed by atoms with van der Waals surface area (Å²) in [5.74, 6) is 0.791. The number of halogens is 2. The summed E-state index contributed by atoms with van der Waals surface area (Å²) >= 11 is 0. The van der Waals surface area contributed by atoms with E-state index in [2.05, 4.69) is 15.1 Å². The summed E-state index contributed by atoms with van der Waals surface area (Å²) in [6, 6.07) is 3.75. The molecular weight excluding hydrogens is 420 g/mol. The molecule has 0 radical (unpaired) electrons. The summed E-state index contributed by atoms with van der Waals surface area (Å²) in [6.07, 6.45) is 7.09. The number of fused-ring (bicyclic) bond motifs is 2. The van der Waals surface area contributed by atoms with Gasteiger partial charge in [-0.05, 0) is 18.9 Å². The number of anilines is 1. The predicted octanol–water partition coefficient (Wildman–Crippen LogP) is 2.11. The van der Waals surface area contributed by atoms with Crippen molar-refractivity contribution in [3.63, 3.8) is 0 Å². The third-order valence-electron chi connectivity index (χ3n) is 5.26. The number of ether oxygens (including phenoxy) is 1. The standard InChI is InChI=1S/C11H12F2N4.C10H9N3O2/c12-8-2-1-5-16(7-8)10-3-4-14-11-9(13)6-15-17(10)11;11-3-8-4-12-5-9-6-13(7-14)1-2-15-10(8)9/h3-4,6,8H,1-2,5,7H2;4-5,7H,1-2,6H2. The lowest BCUT2D eigenvalue weighted by molar-refractivity contribution is -0.118. The predicted molar refractivity (Wildman–Crippen MR) is 110 cm³/mol. The van der Waals surface area contributed by atoms with E-state index in [0.29, 0.717) is 49.8 Å². The number of nitrogens with zero attached hydrogens (tertiary/aromatic N) is 7. The van der Waals surface area contributed by atoms with Crippen molar-refractivity contribution >= 4 is 17.9 Å². The van der Waals surface area contributed by atoms with Crippen LogP contribution < -0.4 is 9.64 Å². The summed E-state index contributed by atoms with van der Waals surface area (Å²) in [5.41, 5.74) is 1.38. The Hall–Kier alpha value is -3.81. The topological polar surface area (TPSA) is 99.7 Å². The zero-order valence-electron chi connectivity index (χ0n) is 17.2. The van der Waals surface area contributed by atoms with Crippen molar-refractivity contribution in [2.45, 2.75) is 25.6 Å². The van der Waals surface area contributed by atoms with Crippen LogP contribution in [0.1, 0.15) is 24.0 Å². The molecule has 0 spiro atoms. The number of carbonyl (C=O) groups excluding carboxylic acids is 1. The first-order valence-electron chi connectivity index (χ1n) is 10.2. The van der Waals surface area contributed by atoms with Crippen molar-refractivity contribution in [3.8, 4) is 11.8 Å². The second-order valence-corrected chi connectivity index (χ2v) is 7.43. The van der Waals surface area contributed by atoms with Gasteiger partial charge in [0.2, 0.25) is 6.41 Å². The van der Waals surface area contributed by atoms with E-state index in [1.54, 1.807) is 17.2 Å². The number of pyridine rings is 1. The van der Waals surface area contributed by atoms with Crippen molar-refractivity contribution in [2.24, 2.45) is 0 Å². The molecule has 5 heterocycles. The Morgan fingerprint density at radius 2 is 2.16 bits per heavy atom. The first-order chi connectivity index (χ1) is 15.6. The molecule has 0 N–H and O–H groups in total. The van der Waals surface area contributed by atoms with Gasteiger partial charge in [-0.15, -0.1) is 0 Å². The van der Waals surface area contributed by atoms with Crippen LogP contribution in [-0.4, -0.2) is 63.3 Å². The normalized spacial score (nSPS) is 18.0. The molecule has 0 bridgehead atoms. The fraction of sp³-hybridized carbons (Fsp3) is 0.381. The zero-order valence-corrected chi connectivity index (χ0v) is 17.2. The lowest BCUT2D eigenvalue weighted by atomic mass is 10.1. The number of hydrogen-bond donors (Lipinski definition) is 0. The van der Waals surface area contributed by atoms with Crippen LogP contribution in [0.2, 0.25) is 0 Å². The highest BCUT2D eigenvalue weighted by atomic mass is 19.1. The lowest BCUT2D eigenvalue weighted by Gasteiger charge is -2.30. The highest BCUT2D eigenvalue weighted by Crippen LogP contribution is 2.25. The molecule has 1 atom stereocenters. The Kier molecular flexibility index (Phi) is 6.39. The van der Waals surface area contributed by atoms with E-state index in [1.165, 1.54) is 16.9 Å². The summed E-state index contributed by atoms with van der Waals surface area (Å²) in [7, 11) is 0. The average Bonchev–Trinajstić information content (AvgIpc) is 3.06. The average molecular weight is 441 g/mol. The van der Waals surface area contributed by atoms with E-state index in [4.69, 9.17) is 10.00 Å². The molecule has 0 saturated carbocycles. The van der Waals surface area contributed by atoms with Crippen LogP contribution in [0, 0.1) is 17.1 Å². The first-order valence-corrected chi connectivity index (χ1v) is 10.2. The van der Waals surface area contributed by atoms with E-state index >= 15 is 0 Å². The van der Waals surface area contributed by atoms with Crippen LogP contribution in [0.25, 0.3) is 5.65 Å². The van der Waals surface area contributed by atoms with Gasteiger partial charge in [0.05, 0.1) is 25.8 Å². The van der Waals surface area contributed by atoms with Gasteiger partial charge in [0.1, 0.15) is 36.0 Å². The number of alkyl halides is 1. The molecule has 0 aromatic carbocycles. The maximum Gasteiger partial charge on any atom is 0.210 e. The molecule has 166 valence electrons. The van der Waals surface area contributed by atoms with Crippen LogP contribution in [0.15, 0.2) is 30.9 Å². The van der Waals surface area contributed by atoms with Gasteiger partial charge in [0.25, 0.3) is 0 Å². The highest BCUT2D eigenvalue weighted by molar-refractivity contribution is 5.52. The zero-order chi connectivity index (χ0) is 22.5. The number of aromatic nitrogens is 4. The Bertz CT molecular complexity index is 1150. The largest absolute Gasteiger partial charge is 0.490 e. The minimum Gasteiger partial charge on any atom is -0.490 e. The molecule has 9 nitrogen and oxygen atoms in total. The maximum absolute atomic E-state index is 13.4. The quantitative estimate of drug-likeness (QED) is 0.562. The fourth-order valence-corrected chi connectivity index (χ4v) is 3.73. The number of carbonyl (C=O) groups is 1. The van der Waals surface area contributed by atoms with Crippen molar-refractivity contribution in [3.05, 3.63) is 47.8 Å². The summed E-state index contributed by atoms with van der Waals surface area (Å²) in [6.45, 7) is 2.48. The van der Waals surface area contributed by atoms with Crippen molar-refractivity contribution < 1.29 is 18.3 Å². The lowest BCUT2D eigenvalue weighted by Crippen LogP contribution is -2.37. The van der Waals surface area contributed by atoms with Crippen LogP contribution >= 0.6 is 0 Å². The molecule has 2 aliphatic rings. The molecule has 1 amide bonds. The minimum atomic E-state index is -0.827. The first kappa shape index (κ1) is 21.4. The Labute approximate surface area is 182 Å². The molecule has 3 aromatic rings. The Morgan fingerprint density at radius 1 is 1.28 bits per heavy atom. The fourth-order valence-electron chi connectivity index (χ4n) is 3.73. The van der Waals surface area contributed by atoms with Gasteiger partial charge in [0.15, 0.2) is 11.5 Å². The maximum atomic E-state index is 13.4. The van der Waals surface area contributed by atoms with Crippen molar-refractivity contribution in [1.82, 2.24) is 24.5 Å². The molecule has 2 aliphatic heterocycles. The second-order valence-electron chi connectivity index (χ2n) is 7.43. The molecule has 1 fully saturated rings. The van der Waals surface area contributed by atoms with Crippen molar-refractivity contribution in [2.75, 3.05) is 31.1 Å². The van der Waals surface area contributed by atoms with Crippen LogP contribution in [0.4, 0.5) is 14.6 Å². The third-order valence-corrected chi connectivity index (χ3v) is 5.26. The smallest absolute Gasteiger partial charge is 0.210 e. The SMILES string of the molecule is Fc1cnn2c(N3CCCC(F)C3)ccnc12.N#Cc1cncc2c1OCCN(C=O)C2. The van der Waals surface area contributed by atoms with E-state index in [-0.39, 0.29) is 5.65 Å². The molecule has 5 rings (SSSR count). The second kappa shape index (κ2) is 9.55. The van der Waals surface area contributed by atoms with E-state index in [0.717, 1.165) is 31.1 Å². The van der Waals surface area contributed by atoms with E-state index in [9.17, 15) is 13.6 Å². The van der Waals surface area contributed by atoms with Gasteiger partial charge < -0.3 is 14.5 Å². The summed E-state index contributed by atoms with van der Waals surface area (Å²) < 4.78 is 33.6. The number of amides is 1. The molecular formula is C21H21F2N7O2. The molecule has 32 heavy (non-hydrogen) atoms. The van der Waals surface area contributed by atoms with Gasteiger partial charge in [-0.2, -0.15) is 14.9 Å². The van der Waals surface area contributed by atoms with Crippen LogP contribution in [-0.2, 0) is 11.3 Å². The third kappa shape index (κ3) is 4.44. The number of rotatable bonds is 2. The summed E-state index contributed by atoms with van der Waals surface area (Å²) in [5, 5.41) is 12.8. The number of hydrogen-bond acceptors (Lipinski definition) is 7. The van der Waals surface area contributed by atoms with Gasteiger partial charge >= 0.3 is 0 Å². The van der Waals surface area contributed by atoms with Gasteiger partial charge in [-0.3, -0.25) is 9.78 Å². The molecule has 1 unspecified atom stereocenters. The van der Waals surface area contributed by atoms with Gasteiger partial charge in [-0.25, -0.2) is 13.8 Å². The number of piperidine rings is 1. The molecule has 1 saturated heterocycles. The molecule has 3 aromatic heterocycles. The molecule has 0 aliphatic carbocycles. The van der Waals surface area contributed by atoms with Crippen molar-refractivity contribution in [1.29, 1.82) is 5.26 Å².